The zero-order valence-electron chi connectivity index (χ0n) is 14.3. The maximum absolute atomic E-state index is 12.5. The lowest BCUT2D eigenvalue weighted by Gasteiger charge is -2.09. The van der Waals surface area contributed by atoms with Gasteiger partial charge in [-0.05, 0) is 36.2 Å². The van der Waals surface area contributed by atoms with Crippen LogP contribution in [0, 0.1) is 0 Å². The topological polar surface area (TPSA) is 88.2 Å². The van der Waals surface area contributed by atoms with Crippen molar-refractivity contribution in [2.24, 2.45) is 0 Å². The van der Waals surface area contributed by atoms with Gasteiger partial charge >= 0.3 is 0 Å². The molecule has 26 heavy (non-hydrogen) atoms. The van der Waals surface area contributed by atoms with Gasteiger partial charge in [-0.3, -0.25) is 9.78 Å². The molecular formula is C19H19N3O3S. The Labute approximate surface area is 152 Å². The van der Waals surface area contributed by atoms with Crippen molar-refractivity contribution in [3.8, 4) is 0 Å². The number of pyridine rings is 1. The van der Waals surface area contributed by atoms with Crippen LogP contribution < -0.4 is 10.0 Å². The van der Waals surface area contributed by atoms with E-state index in [2.05, 4.69) is 15.0 Å². The standard InChI is InChI=1S/C19H19N3O3S/c1-26(24,25)21-12-9-14-5-7-15(8-6-14)19(23)22-18-4-2-3-16-13-20-11-10-17(16)18/h2-8,10-11,13,21H,9,12H2,1H3,(H,22,23). The number of nitrogens with zero attached hydrogens (tertiary/aromatic N) is 1. The van der Waals surface area contributed by atoms with E-state index in [1.807, 2.05) is 36.4 Å². The van der Waals surface area contributed by atoms with Crippen molar-refractivity contribution in [1.29, 1.82) is 0 Å². The Kier molecular flexibility index (Phi) is 5.29. The molecule has 1 amide bonds. The van der Waals surface area contributed by atoms with E-state index in [9.17, 15) is 13.2 Å². The number of sulfonamides is 1. The third-order valence-electron chi connectivity index (χ3n) is 3.92. The second kappa shape index (κ2) is 7.63. The molecule has 0 aliphatic heterocycles. The zero-order valence-corrected chi connectivity index (χ0v) is 15.1. The van der Waals surface area contributed by atoms with Gasteiger partial charge in [0.1, 0.15) is 0 Å². The third-order valence-corrected chi connectivity index (χ3v) is 4.65. The number of carbonyl (C=O) groups excluding carboxylic acids is 1. The van der Waals surface area contributed by atoms with Gasteiger partial charge in [-0.15, -0.1) is 0 Å². The molecule has 0 aliphatic rings. The summed E-state index contributed by atoms with van der Waals surface area (Å²) in [6.07, 6.45) is 5.14. The van der Waals surface area contributed by atoms with Gasteiger partial charge in [0, 0.05) is 41.0 Å². The smallest absolute Gasteiger partial charge is 0.255 e. The van der Waals surface area contributed by atoms with Gasteiger partial charge in [-0.25, -0.2) is 13.1 Å². The van der Waals surface area contributed by atoms with Gasteiger partial charge in [0.05, 0.1) is 6.26 Å². The second-order valence-electron chi connectivity index (χ2n) is 5.97. The molecule has 1 aromatic heterocycles. The minimum atomic E-state index is -3.19. The van der Waals surface area contributed by atoms with Crippen molar-refractivity contribution in [2.45, 2.75) is 6.42 Å². The Balaban J connectivity index is 1.68. The van der Waals surface area contributed by atoms with E-state index in [1.165, 1.54) is 0 Å². The number of fused-ring (bicyclic) bond motifs is 1. The fraction of sp³-hybridized carbons (Fsp3) is 0.158. The third kappa shape index (κ3) is 4.65. The Morgan fingerprint density at radius 1 is 1.08 bits per heavy atom. The van der Waals surface area contributed by atoms with Crippen molar-refractivity contribution in [3.05, 3.63) is 72.1 Å². The molecule has 7 heteroatoms. The number of hydrogen-bond acceptors (Lipinski definition) is 4. The minimum absolute atomic E-state index is 0.199. The highest BCUT2D eigenvalue weighted by molar-refractivity contribution is 7.88. The molecule has 3 aromatic rings. The van der Waals surface area contributed by atoms with E-state index in [0.717, 1.165) is 28.3 Å². The number of anilines is 1. The van der Waals surface area contributed by atoms with E-state index >= 15 is 0 Å². The van der Waals surface area contributed by atoms with Crippen molar-refractivity contribution < 1.29 is 13.2 Å². The number of amides is 1. The highest BCUT2D eigenvalue weighted by Crippen LogP contribution is 2.22. The lowest BCUT2D eigenvalue weighted by Crippen LogP contribution is -2.24. The molecule has 0 radical (unpaired) electrons. The molecule has 134 valence electrons. The van der Waals surface area contributed by atoms with E-state index < -0.39 is 10.0 Å². The number of nitrogens with one attached hydrogen (secondary N) is 2. The summed E-state index contributed by atoms with van der Waals surface area (Å²) in [7, 11) is -3.19. The molecule has 0 bridgehead atoms. The van der Waals surface area contributed by atoms with Gasteiger partial charge in [-0.1, -0.05) is 24.3 Å². The first-order valence-corrected chi connectivity index (χ1v) is 9.99. The van der Waals surface area contributed by atoms with Gasteiger partial charge in [0.15, 0.2) is 0 Å². The average Bonchev–Trinajstić information content (AvgIpc) is 2.61. The van der Waals surface area contributed by atoms with Crippen LogP contribution in [0.2, 0.25) is 0 Å². The molecule has 0 unspecified atom stereocenters. The Hall–Kier alpha value is -2.77. The van der Waals surface area contributed by atoms with Crippen LogP contribution in [0.25, 0.3) is 10.8 Å². The van der Waals surface area contributed by atoms with Crippen LogP contribution in [0.4, 0.5) is 5.69 Å². The van der Waals surface area contributed by atoms with Gasteiger partial charge in [-0.2, -0.15) is 0 Å². The van der Waals surface area contributed by atoms with E-state index in [0.29, 0.717) is 18.5 Å². The Morgan fingerprint density at radius 2 is 1.85 bits per heavy atom. The lowest BCUT2D eigenvalue weighted by atomic mass is 10.1. The molecular weight excluding hydrogens is 350 g/mol. The van der Waals surface area contributed by atoms with Crippen molar-refractivity contribution in [1.82, 2.24) is 9.71 Å². The van der Waals surface area contributed by atoms with Crippen molar-refractivity contribution in [3.63, 3.8) is 0 Å². The van der Waals surface area contributed by atoms with Gasteiger partial charge in [0.2, 0.25) is 10.0 Å². The normalized spacial score (nSPS) is 11.4. The monoisotopic (exact) mass is 369 g/mol. The lowest BCUT2D eigenvalue weighted by molar-refractivity contribution is 0.102. The largest absolute Gasteiger partial charge is 0.321 e. The number of benzene rings is 2. The molecule has 1 heterocycles. The molecule has 0 saturated carbocycles. The number of hydrogen-bond donors (Lipinski definition) is 2. The van der Waals surface area contributed by atoms with Crippen LogP contribution in [0.5, 0.6) is 0 Å². The molecule has 0 spiro atoms. The predicted molar refractivity (Wildman–Crippen MR) is 103 cm³/mol. The molecule has 0 saturated heterocycles. The number of carbonyl (C=O) groups is 1. The fourth-order valence-electron chi connectivity index (χ4n) is 2.63. The van der Waals surface area contributed by atoms with Crippen LogP contribution in [-0.2, 0) is 16.4 Å². The van der Waals surface area contributed by atoms with Crippen LogP contribution in [0.1, 0.15) is 15.9 Å². The quantitative estimate of drug-likeness (QED) is 0.699. The first-order valence-electron chi connectivity index (χ1n) is 8.10. The second-order valence-corrected chi connectivity index (χ2v) is 7.80. The Bertz CT molecular complexity index is 1030. The summed E-state index contributed by atoms with van der Waals surface area (Å²) in [5.74, 6) is -0.199. The molecule has 0 aliphatic carbocycles. The summed E-state index contributed by atoms with van der Waals surface area (Å²) in [5, 5.41) is 4.81. The van der Waals surface area contributed by atoms with Crippen LogP contribution in [0.3, 0.4) is 0 Å². The zero-order chi connectivity index (χ0) is 18.6. The molecule has 0 fully saturated rings. The maximum atomic E-state index is 12.5. The van der Waals surface area contributed by atoms with Gasteiger partial charge < -0.3 is 5.32 Å². The number of aromatic nitrogens is 1. The summed E-state index contributed by atoms with van der Waals surface area (Å²) in [4.78, 5) is 16.6. The molecule has 6 nitrogen and oxygen atoms in total. The first kappa shape index (κ1) is 18.0. The summed E-state index contributed by atoms with van der Waals surface area (Å²) >= 11 is 0. The van der Waals surface area contributed by atoms with E-state index in [1.54, 1.807) is 24.5 Å². The average molecular weight is 369 g/mol. The minimum Gasteiger partial charge on any atom is -0.321 e. The summed E-state index contributed by atoms with van der Waals surface area (Å²) in [5.41, 5.74) is 2.22. The Morgan fingerprint density at radius 3 is 2.58 bits per heavy atom. The van der Waals surface area contributed by atoms with Crippen LogP contribution >= 0.6 is 0 Å². The van der Waals surface area contributed by atoms with Crippen molar-refractivity contribution >= 4 is 32.4 Å². The molecule has 3 rings (SSSR count). The fourth-order valence-corrected chi connectivity index (χ4v) is 3.10. The highest BCUT2D eigenvalue weighted by Gasteiger charge is 2.09. The molecule has 0 atom stereocenters. The van der Waals surface area contributed by atoms with Crippen molar-refractivity contribution in [2.75, 3.05) is 18.1 Å². The first-order chi connectivity index (χ1) is 12.4. The summed E-state index contributed by atoms with van der Waals surface area (Å²) in [6.45, 7) is 0.328. The van der Waals surface area contributed by atoms with Gasteiger partial charge in [0.25, 0.3) is 5.91 Å². The van der Waals surface area contributed by atoms with E-state index in [-0.39, 0.29) is 5.91 Å². The summed E-state index contributed by atoms with van der Waals surface area (Å²) in [6, 6.07) is 14.6. The predicted octanol–water partition coefficient (Wildman–Crippen LogP) is 2.58. The highest BCUT2D eigenvalue weighted by atomic mass is 32.2. The molecule has 2 aromatic carbocycles. The number of rotatable bonds is 6. The van der Waals surface area contributed by atoms with E-state index in [4.69, 9.17) is 0 Å². The molecule has 2 N–H and O–H groups in total. The van der Waals surface area contributed by atoms with Crippen LogP contribution in [0.15, 0.2) is 60.9 Å². The SMILES string of the molecule is CS(=O)(=O)NCCc1ccc(C(=O)Nc2cccc3cnccc23)cc1. The summed E-state index contributed by atoms with van der Waals surface area (Å²) < 4.78 is 24.6. The maximum Gasteiger partial charge on any atom is 0.255 e. The van der Waals surface area contributed by atoms with Crippen LogP contribution in [-0.4, -0.2) is 32.1 Å².